The highest BCUT2D eigenvalue weighted by Crippen LogP contribution is 2.13. The highest BCUT2D eigenvalue weighted by atomic mass is 32.1. The number of nitrogens with zero attached hydrogens (tertiary/aromatic N) is 2. The summed E-state index contributed by atoms with van der Waals surface area (Å²) >= 11 is 1.58. The monoisotopic (exact) mass is 296 g/mol. The second-order valence-corrected chi connectivity index (χ2v) is 6.19. The first-order chi connectivity index (χ1) is 9.69. The van der Waals surface area contributed by atoms with E-state index in [0.29, 0.717) is 12.6 Å². The summed E-state index contributed by atoms with van der Waals surface area (Å²) in [6.45, 7) is 7.70. The maximum Gasteiger partial charge on any atom is 0.315 e. The molecule has 6 heteroatoms. The van der Waals surface area contributed by atoms with Gasteiger partial charge >= 0.3 is 6.03 Å². The van der Waals surface area contributed by atoms with Crippen molar-refractivity contribution in [3.8, 4) is 0 Å². The first kappa shape index (κ1) is 15.3. The van der Waals surface area contributed by atoms with E-state index in [0.717, 1.165) is 23.7 Å². The van der Waals surface area contributed by atoms with Crippen molar-refractivity contribution in [3.63, 3.8) is 0 Å². The Balaban J connectivity index is 1.68. The van der Waals surface area contributed by atoms with E-state index < -0.39 is 0 Å². The molecule has 20 heavy (non-hydrogen) atoms. The fraction of sp³-hybridized carbons (Fsp3) is 0.714. The Bertz CT molecular complexity index is 429. The molecule has 1 aliphatic rings. The summed E-state index contributed by atoms with van der Waals surface area (Å²) in [7, 11) is 0. The Labute approximate surface area is 124 Å². The molecule has 1 saturated heterocycles. The van der Waals surface area contributed by atoms with E-state index in [9.17, 15) is 4.79 Å². The lowest BCUT2D eigenvalue weighted by molar-refractivity contribution is 0.216. The Morgan fingerprint density at radius 3 is 2.80 bits per heavy atom. The van der Waals surface area contributed by atoms with E-state index in [1.807, 2.05) is 12.3 Å². The van der Waals surface area contributed by atoms with Gasteiger partial charge in [0.25, 0.3) is 0 Å². The Hall–Kier alpha value is -1.14. The molecule has 2 heterocycles. The van der Waals surface area contributed by atoms with E-state index in [4.69, 9.17) is 0 Å². The van der Waals surface area contributed by atoms with E-state index >= 15 is 0 Å². The second-order valence-electron chi connectivity index (χ2n) is 5.25. The molecule has 0 aliphatic carbocycles. The normalized spacial score (nSPS) is 17.1. The molecule has 1 aromatic rings. The van der Waals surface area contributed by atoms with Crippen LogP contribution in [0.25, 0.3) is 0 Å². The summed E-state index contributed by atoms with van der Waals surface area (Å²) in [5.74, 6) is 0. The van der Waals surface area contributed by atoms with Crippen LogP contribution in [0.3, 0.4) is 0 Å². The van der Waals surface area contributed by atoms with E-state index in [1.54, 1.807) is 11.3 Å². The second kappa shape index (κ2) is 7.59. The lowest BCUT2D eigenvalue weighted by Gasteiger charge is -2.26. The van der Waals surface area contributed by atoms with Crippen LogP contribution in [0.5, 0.6) is 0 Å². The highest BCUT2D eigenvalue weighted by molar-refractivity contribution is 7.09. The fourth-order valence-electron chi connectivity index (χ4n) is 2.55. The minimum absolute atomic E-state index is 0.101. The number of aryl methyl sites for hydroxylation is 1. The van der Waals surface area contributed by atoms with Crippen LogP contribution >= 0.6 is 11.3 Å². The number of hydrogen-bond acceptors (Lipinski definition) is 4. The molecule has 0 spiro atoms. The third-order valence-electron chi connectivity index (χ3n) is 3.69. The average Bonchev–Trinajstić information content (AvgIpc) is 3.09. The number of likely N-dealkylation sites (tertiary alicyclic amines) is 1. The van der Waals surface area contributed by atoms with Gasteiger partial charge in [0.2, 0.25) is 0 Å². The van der Waals surface area contributed by atoms with Crippen molar-refractivity contribution >= 4 is 17.4 Å². The molecule has 0 unspecified atom stereocenters. The number of carbonyl (C=O) groups excluding carboxylic acids is 1. The van der Waals surface area contributed by atoms with Gasteiger partial charge in [-0.3, -0.25) is 4.90 Å². The Morgan fingerprint density at radius 2 is 2.20 bits per heavy atom. The third-order valence-corrected chi connectivity index (χ3v) is 4.66. The van der Waals surface area contributed by atoms with E-state index in [1.165, 1.54) is 25.9 Å². The van der Waals surface area contributed by atoms with Crippen molar-refractivity contribution in [1.82, 2.24) is 20.5 Å². The number of hydrogen-bond donors (Lipinski definition) is 2. The van der Waals surface area contributed by atoms with E-state index in [2.05, 4.69) is 27.4 Å². The molecule has 2 N–H and O–H groups in total. The van der Waals surface area contributed by atoms with Gasteiger partial charge < -0.3 is 10.6 Å². The van der Waals surface area contributed by atoms with Gasteiger partial charge in [0.1, 0.15) is 5.01 Å². The zero-order valence-corrected chi connectivity index (χ0v) is 13.1. The largest absolute Gasteiger partial charge is 0.337 e. The lowest BCUT2D eigenvalue weighted by atomic mass is 10.2. The summed E-state index contributed by atoms with van der Waals surface area (Å²) in [5.41, 5.74) is 1.01. The number of aromatic nitrogens is 1. The maximum atomic E-state index is 11.8. The predicted molar refractivity (Wildman–Crippen MR) is 82.0 cm³/mol. The number of rotatable bonds is 6. The molecule has 112 valence electrons. The summed E-state index contributed by atoms with van der Waals surface area (Å²) in [4.78, 5) is 18.6. The summed E-state index contributed by atoms with van der Waals surface area (Å²) in [6.07, 6.45) is 3.64. The van der Waals surface area contributed by atoms with Crippen LogP contribution in [0.2, 0.25) is 0 Å². The molecule has 1 aliphatic heterocycles. The van der Waals surface area contributed by atoms with Gasteiger partial charge in [-0.25, -0.2) is 9.78 Å². The zero-order valence-electron chi connectivity index (χ0n) is 12.3. The maximum absolute atomic E-state index is 11.8. The summed E-state index contributed by atoms with van der Waals surface area (Å²) < 4.78 is 0. The summed E-state index contributed by atoms with van der Waals surface area (Å²) in [6, 6.07) is 0.362. The minimum Gasteiger partial charge on any atom is -0.337 e. The molecule has 0 radical (unpaired) electrons. The topological polar surface area (TPSA) is 57.3 Å². The van der Waals surface area contributed by atoms with Crippen molar-refractivity contribution in [3.05, 3.63) is 16.1 Å². The predicted octanol–water partition coefficient (Wildman–Crippen LogP) is 2.13. The molecule has 2 amide bonds. The minimum atomic E-state index is -0.101. The first-order valence-electron chi connectivity index (χ1n) is 7.35. The molecular formula is C14H24N4OS. The number of nitrogens with one attached hydrogen (secondary N) is 2. The van der Waals surface area contributed by atoms with E-state index in [-0.39, 0.29) is 6.03 Å². The Morgan fingerprint density at radius 1 is 1.45 bits per heavy atom. The van der Waals surface area contributed by atoms with Crippen molar-refractivity contribution < 1.29 is 4.79 Å². The number of carbonyl (C=O) groups is 1. The first-order valence-corrected chi connectivity index (χ1v) is 8.23. The Kier molecular flexibility index (Phi) is 5.79. The number of amides is 2. The van der Waals surface area contributed by atoms with Crippen LogP contribution in [0.1, 0.15) is 36.9 Å². The van der Waals surface area contributed by atoms with Crippen LogP contribution < -0.4 is 10.6 Å². The smallest absolute Gasteiger partial charge is 0.315 e. The molecule has 0 saturated carbocycles. The fourth-order valence-corrected chi connectivity index (χ4v) is 3.26. The standard InChI is InChI=1S/C14H24N4OS/c1-3-12(18-6-4-5-7-18)8-15-14(19)16-9-13-17-11(2)10-20-13/h10,12H,3-9H2,1-2H3,(H2,15,16,19)/t12-/m0/s1. The van der Waals surface area contributed by atoms with Crippen LogP contribution in [-0.2, 0) is 6.54 Å². The molecule has 1 fully saturated rings. The molecule has 0 bridgehead atoms. The molecular weight excluding hydrogens is 272 g/mol. The van der Waals surface area contributed by atoms with Gasteiger partial charge in [-0.2, -0.15) is 0 Å². The number of urea groups is 1. The van der Waals surface area contributed by atoms with Gasteiger partial charge in [0.15, 0.2) is 0 Å². The zero-order chi connectivity index (χ0) is 14.4. The lowest BCUT2D eigenvalue weighted by Crippen LogP contribution is -2.45. The summed E-state index contributed by atoms with van der Waals surface area (Å²) in [5, 5.41) is 8.78. The van der Waals surface area contributed by atoms with Gasteiger partial charge in [0, 0.05) is 23.7 Å². The van der Waals surface area contributed by atoms with Crippen LogP contribution in [-0.4, -0.2) is 41.6 Å². The third kappa shape index (κ3) is 4.45. The van der Waals surface area contributed by atoms with Gasteiger partial charge in [0.05, 0.1) is 6.54 Å². The average molecular weight is 296 g/mol. The van der Waals surface area contributed by atoms with Crippen LogP contribution in [0, 0.1) is 6.92 Å². The number of thiazole rings is 1. The van der Waals surface area contributed by atoms with Crippen molar-refractivity contribution in [1.29, 1.82) is 0 Å². The van der Waals surface area contributed by atoms with Crippen molar-refractivity contribution in [2.75, 3.05) is 19.6 Å². The molecule has 2 rings (SSSR count). The van der Waals surface area contributed by atoms with Gasteiger partial charge in [-0.05, 0) is 39.3 Å². The van der Waals surface area contributed by atoms with Crippen molar-refractivity contribution in [2.24, 2.45) is 0 Å². The quantitative estimate of drug-likeness (QED) is 0.845. The molecule has 0 aromatic carbocycles. The molecule has 1 aromatic heterocycles. The van der Waals surface area contributed by atoms with Crippen LogP contribution in [0.15, 0.2) is 5.38 Å². The van der Waals surface area contributed by atoms with Crippen molar-refractivity contribution in [2.45, 2.75) is 45.7 Å². The van der Waals surface area contributed by atoms with Gasteiger partial charge in [-0.1, -0.05) is 6.92 Å². The van der Waals surface area contributed by atoms with Crippen LogP contribution in [0.4, 0.5) is 4.79 Å². The van der Waals surface area contributed by atoms with Gasteiger partial charge in [-0.15, -0.1) is 11.3 Å². The molecule has 5 nitrogen and oxygen atoms in total. The molecule has 1 atom stereocenters. The SMILES string of the molecule is CC[C@@H](CNC(=O)NCc1nc(C)cs1)N1CCCC1. The highest BCUT2D eigenvalue weighted by Gasteiger charge is 2.20.